The van der Waals surface area contributed by atoms with E-state index in [0.29, 0.717) is 22.2 Å². The topological polar surface area (TPSA) is 60.5 Å². The number of carbonyl (C=O) groups excluding carboxylic acids is 1. The van der Waals surface area contributed by atoms with Crippen LogP contribution in [0.1, 0.15) is 15.2 Å². The quantitative estimate of drug-likeness (QED) is 0.730. The Kier molecular flexibility index (Phi) is 4.82. The predicted molar refractivity (Wildman–Crippen MR) is 97.7 cm³/mol. The van der Waals surface area contributed by atoms with Crippen LogP contribution in [0.25, 0.3) is 10.6 Å². The van der Waals surface area contributed by atoms with E-state index in [-0.39, 0.29) is 5.91 Å². The fourth-order valence-electron chi connectivity index (χ4n) is 2.24. The fourth-order valence-corrected chi connectivity index (χ4v) is 3.90. The van der Waals surface area contributed by atoms with Crippen molar-refractivity contribution in [1.82, 2.24) is 4.98 Å². The lowest BCUT2D eigenvalue weighted by Gasteiger charge is -2.09. The van der Waals surface area contributed by atoms with Gasteiger partial charge in [-0.2, -0.15) is 0 Å². The molecule has 2 heterocycles. The van der Waals surface area contributed by atoms with Crippen molar-refractivity contribution < 1.29 is 14.3 Å². The number of carbonyl (C=O) groups is 1. The molecule has 3 rings (SSSR count). The van der Waals surface area contributed by atoms with Gasteiger partial charge in [0, 0.05) is 10.4 Å². The van der Waals surface area contributed by atoms with Gasteiger partial charge in [0.15, 0.2) is 16.6 Å². The summed E-state index contributed by atoms with van der Waals surface area (Å²) in [6.07, 6.45) is 0. The number of ether oxygens (including phenoxy) is 2. The van der Waals surface area contributed by atoms with Gasteiger partial charge < -0.3 is 9.47 Å². The van der Waals surface area contributed by atoms with Crippen molar-refractivity contribution in [3.05, 3.63) is 46.2 Å². The van der Waals surface area contributed by atoms with Crippen molar-refractivity contribution >= 4 is 33.7 Å². The highest BCUT2D eigenvalue weighted by Gasteiger charge is 2.15. The molecule has 0 atom stereocenters. The van der Waals surface area contributed by atoms with Crippen molar-refractivity contribution in [1.29, 1.82) is 0 Å². The smallest absolute Gasteiger partial charge is 0.257 e. The second kappa shape index (κ2) is 7.02. The fraction of sp³-hybridized carbons (Fsp3) is 0.176. The number of hydrogen-bond donors (Lipinski definition) is 1. The normalized spacial score (nSPS) is 10.5. The zero-order valence-corrected chi connectivity index (χ0v) is 15.1. The number of thiazole rings is 1. The summed E-state index contributed by atoms with van der Waals surface area (Å²) in [7, 11) is 3.10. The van der Waals surface area contributed by atoms with Crippen LogP contribution in [0.5, 0.6) is 11.5 Å². The number of hydrogen-bond acceptors (Lipinski definition) is 6. The zero-order chi connectivity index (χ0) is 17.1. The highest BCUT2D eigenvalue weighted by atomic mass is 32.1. The van der Waals surface area contributed by atoms with E-state index >= 15 is 0 Å². The molecule has 1 aromatic carbocycles. The van der Waals surface area contributed by atoms with Crippen LogP contribution in [-0.2, 0) is 0 Å². The van der Waals surface area contributed by atoms with Crippen molar-refractivity contribution in [2.45, 2.75) is 6.92 Å². The van der Waals surface area contributed by atoms with E-state index in [2.05, 4.69) is 10.3 Å². The predicted octanol–water partition coefficient (Wildman–Crippen LogP) is 4.45. The summed E-state index contributed by atoms with van der Waals surface area (Å²) >= 11 is 3.09. The van der Waals surface area contributed by atoms with E-state index in [1.54, 1.807) is 36.6 Å². The first-order valence-corrected chi connectivity index (χ1v) is 8.86. The Labute approximate surface area is 147 Å². The van der Waals surface area contributed by atoms with E-state index in [9.17, 15) is 4.79 Å². The summed E-state index contributed by atoms with van der Waals surface area (Å²) < 4.78 is 10.4. The van der Waals surface area contributed by atoms with E-state index in [0.717, 1.165) is 15.4 Å². The van der Waals surface area contributed by atoms with E-state index in [1.807, 2.05) is 24.4 Å². The molecule has 0 aliphatic carbocycles. The molecule has 0 spiro atoms. The standard InChI is InChI=1S/C17H16N2O3S2/c1-10-15(14-5-4-8-23-14)18-17(24-10)19-16(20)11-6-7-12(21-2)13(9-11)22-3/h4-9H,1-3H3,(H,18,19,20). The molecular weight excluding hydrogens is 344 g/mol. The third-order valence-corrected chi connectivity index (χ3v) is 5.18. The number of amides is 1. The van der Waals surface area contributed by atoms with Gasteiger partial charge in [0.05, 0.1) is 24.8 Å². The molecule has 1 N–H and O–H groups in total. The summed E-state index contributed by atoms with van der Waals surface area (Å²) in [6.45, 7) is 2.00. The van der Waals surface area contributed by atoms with Crippen LogP contribution in [0.15, 0.2) is 35.7 Å². The van der Waals surface area contributed by atoms with Crippen LogP contribution in [-0.4, -0.2) is 25.1 Å². The minimum atomic E-state index is -0.234. The average Bonchev–Trinajstić information content (AvgIpc) is 3.23. The molecule has 0 aliphatic rings. The van der Waals surface area contributed by atoms with Crippen LogP contribution in [0.4, 0.5) is 5.13 Å². The summed E-state index contributed by atoms with van der Waals surface area (Å²) in [4.78, 5) is 19.1. The van der Waals surface area contributed by atoms with Crippen LogP contribution >= 0.6 is 22.7 Å². The van der Waals surface area contributed by atoms with Crippen LogP contribution in [0.2, 0.25) is 0 Å². The molecule has 24 heavy (non-hydrogen) atoms. The van der Waals surface area contributed by atoms with Crippen LogP contribution < -0.4 is 14.8 Å². The molecule has 5 nitrogen and oxygen atoms in total. The summed E-state index contributed by atoms with van der Waals surface area (Å²) in [5, 5.41) is 5.44. The lowest BCUT2D eigenvalue weighted by Crippen LogP contribution is -2.11. The number of methoxy groups -OCH3 is 2. The first-order chi connectivity index (χ1) is 11.6. The lowest BCUT2D eigenvalue weighted by molar-refractivity contribution is 0.102. The molecule has 1 amide bonds. The Morgan fingerprint density at radius 2 is 1.96 bits per heavy atom. The molecule has 0 saturated carbocycles. The maximum absolute atomic E-state index is 12.5. The second-order valence-electron chi connectivity index (χ2n) is 4.92. The molecule has 7 heteroatoms. The highest BCUT2D eigenvalue weighted by molar-refractivity contribution is 7.17. The Hall–Kier alpha value is -2.38. The SMILES string of the molecule is COc1ccc(C(=O)Nc2nc(-c3cccs3)c(C)s2)cc1OC. The first kappa shape index (κ1) is 16.5. The maximum Gasteiger partial charge on any atom is 0.257 e. The lowest BCUT2D eigenvalue weighted by atomic mass is 10.2. The third kappa shape index (κ3) is 3.27. The number of nitrogens with one attached hydrogen (secondary N) is 1. The minimum absolute atomic E-state index is 0.234. The largest absolute Gasteiger partial charge is 0.493 e. The van der Waals surface area contributed by atoms with E-state index in [1.165, 1.54) is 18.4 Å². The molecule has 3 aromatic rings. The van der Waals surface area contributed by atoms with Crippen molar-refractivity contribution in [3.8, 4) is 22.1 Å². The average molecular weight is 360 g/mol. The number of thiophene rings is 1. The zero-order valence-electron chi connectivity index (χ0n) is 13.5. The number of nitrogens with zero attached hydrogens (tertiary/aromatic N) is 1. The van der Waals surface area contributed by atoms with Crippen LogP contribution in [0, 0.1) is 6.92 Å². The van der Waals surface area contributed by atoms with Gasteiger partial charge in [0.1, 0.15) is 0 Å². The van der Waals surface area contributed by atoms with Crippen molar-refractivity contribution in [3.63, 3.8) is 0 Å². The Morgan fingerprint density at radius 1 is 1.17 bits per heavy atom. The molecular formula is C17H16N2O3S2. The van der Waals surface area contributed by atoms with E-state index < -0.39 is 0 Å². The third-order valence-electron chi connectivity index (χ3n) is 3.42. The molecule has 2 aromatic heterocycles. The molecule has 0 unspecified atom stereocenters. The van der Waals surface area contributed by atoms with Crippen LogP contribution in [0.3, 0.4) is 0 Å². The molecule has 124 valence electrons. The maximum atomic E-state index is 12.5. The Bertz CT molecular complexity index is 857. The van der Waals surface area contributed by atoms with Crippen molar-refractivity contribution in [2.75, 3.05) is 19.5 Å². The highest BCUT2D eigenvalue weighted by Crippen LogP contribution is 2.33. The van der Waals surface area contributed by atoms with Gasteiger partial charge in [-0.25, -0.2) is 4.98 Å². The number of benzene rings is 1. The summed E-state index contributed by atoms with van der Waals surface area (Å²) in [6, 6.07) is 9.05. The Morgan fingerprint density at radius 3 is 2.62 bits per heavy atom. The number of aryl methyl sites for hydroxylation is 1. The summed E-state index contributed by atoms with van der Waals surface area (Å²) in [5.74, 6) is 0.862. The molecule has 0 fully saturated rings. The monoisotopic (exact) mass is 360 g/mol. The number of rotatable bonds is 5. The second-order valence-corrected chi connectivity index (χ2v) is 7.08. The van der Waals surface area contributed by atoms with Gasteiger partial charge in [-0.1, -0.05) is 6.07 Å². The van der Waals surface area contributed by atoms with Gasteiger partial charge >= 0.3 is 0 Å². The number of anilines is 1. The minimum Gasteiger partial charge on any atom is -0.493 e. The Balaban J connectivity index is 1.81. The van der Waals surface area contributed by atoms with Gasteiger partial charge in [-0.3, -0.25) is 10.1 Å². The van der Waals surface area contributed by atoms with Gasteiger partial charge in [-0.05, 0) is 36.6 Å². The van der Waals surface area contributed by atoms with E-state index in [4.69, 9.17) is 9.47 Å². The van der Waals surface area contributed by atoms with Gasteiger partial charge in [0.2, 0.25) is 0 Å². The first-order valence-electron chi connectivity index (χ1n) is 7.17. The molecule has 0 aliphatic heterocycles. The molecule has 0 bridgehead atoms. The van der Waals surface area contributed by atoms with Gasteiger partial charge in [-0.15, -0.1) is 22.7 Å². The summed E-state index contributed by atoms with van der Waals surface area (Å²) in [5.41, 5.74) is 1.40. The number of aromatic nitrogens is 1. The van der Waals surface area contributed by atoms with Gasteiger partial charge in [0.25, 0.3) is 5.91 Å². The molecule has 0 radical (unpaired) electrons. The molecule has 0 saturated heterocycles. The van der Waals surface area contributed by atoms with Crippen molar-refractivity contribution in [2.24, 2.45) is 0 Å².